The van der Waals surface area contributed by atoms with Crippen LogP contribution in [0.3, 0.4) is 0 Å². The maximum atomic E-state index is 11.7. The lowest BCUT2D eigenvalue weighted by Gasteiger charge is -2.13. The lowest BCUT2D eigenvalue weighted by atomic mass is 10.1. The van der Waals surface area contributed by atoms with Crippen molar-refractivity contribution >= 4 is 5.91 Å². The van der Waals surface area contributed by atoms with Crippen molar-refractivity contribution in [3.8, 4) is 0 Å². The van der Waals surface area contributed by atoms with Gasteiger partial charge in [0.2, 0.25) is 5.91 Å². The molecule has 0 bridgehead atoms. The summed E-state index contributed by atoms with van der Waals surface area (Å²) in [6.07, 6.45) is 21.1. The van der Waals surface area contributed by atoms with Crippen LogP contribution in [0.25, 0.3) is 0 Å². The first-order valence-electron chi connectivity index (χ1n) is 10.3. The van der Waals surface area contributed by atoms with Crippen molar-refractivity contribution in [1.29, 1.82) is 0 Å². The van der Waals surface area contributed by atoms with Crippen LogP contribution in [0.2, 0.25) is 0 Å². The molecule has 0 aliphatic rings. The number of hydrogen-bond donors (Lipinski definition) is 2. The average molecular weight is 340 g/mol. The van der Waals surface area contributed by atoms with Gasteiger partial charge in [-0.25, -0.2) is 0 Å². The van der Waals surface area contributed by atoms with Crippen LogP contribution in [-0.4, -0.2) is 23.7 Å². The molecule has 0 spiro atoms. The van der Waals surface area contributed by atoms with Gasteiger partial charge in [-0.3, -0.25) is 4.79 Å². The van der Waals surface area contributed by atoms with Crippen molar-refractivity contribution in [2.45, 2.75) is 110 Å². The summed E-state index contributed by atoms with van der Waals surface area (Å²) in [4.78, 5) is 11.7. The first-order chi connectivity index (χ1) is 11.7. The molecule has 1 unspecified atom stereocenters. The Morgan fingerprint density at radius 3 is 1.96 bits per heavy atom. The van der Waals surface area contributed by atoms with Gasteiger partial charge in [0, 0.05) is 6.42 Å². The number of amides is 1. The average Bonchev–Trinajstić information content (AvgIpc) is 2.60. The van der Waals surface area contributed by atoms with E-state index in [1.807, 2.05) is 6.92 Å². The number of carbonyl (C=O) groups is 1. The molecule has 1 atom stereocenters. The van der Waals surface area contributed by atoms with Gasteiger partial charge in [-0.1, -0.05) is 70.9 Å². The van der Waals surface area contributed by atoms with E-state index >= 15 is 0 Å². The number of rotatable bonds is 17. The van der Waals surface area contributed by atoms with Crippen LogP contribution in [0.1, 0.15) is 104 Å². The minimum atomic E-state index is -0.0720. The number of unbranched alkanes of at least 4 members (excludes halogenated alkanes) is 10. The highest BCUT2D eigenvalue weighted by molar-refractivity contribution is 5.76. The van der Waals surface area contributed by atoms with Gasteiger partial charge in [0.05, 0.1) is 12.6 Å². The molecule has 0 aromatic rings. The smallest absolute Gasteiger partial charge is 0.220 e. The zero-order valence-electron chi connectivity index (χ0n) is 16.2. The Labute approximate surface area is 150 Å². The summed E-state index contributed by atoms with van der Waals surface area (Å²) < 4.78 is 0. The van der Waals surface area contributed by atoms with Gasteiger partial charge in [-0.15, -0.1) is 0 Å². The van der Waals surface area contributed by atoms with Crippen LogP contribution in [0.5, 0.6) is 0 Å². The fourth-order valence-corrected chi connectivity index (χ4v) is 2.76. The Balaban J connectivity index is 3.28. The zero-order valence-corrected chi connectivity index (χ0v) is 16.2. The van der Waals surface area contributed by atoms with Crippen LogP contribution in [0.4, 0.5) is 0 Å². The first-order valence-corrected chi connectivity index (χ1v) is 10.3. The Kier molecular flexibility index (Phi) is 17.9. The molecule has 0 saturated carbocycles. The van der Waals surface area contributed by atoms with Crippen LogP contribution in [0.15, 0.2) is 12.2 Å². The van der Waals surface area contributed by atoms with Crippen molar-refractivity contribution in [1.82, 2.24) is 5.32 Å². The number of allylic oxidation sites excluding steroid dienone is 2. The highest BCUT2D eigenvalue weighted by atomic mass is 16.3. The Hall–Kier alpha value is -0.830. The van der Waals surface area contributed by atoms with Crippen LogP contribution >= 0.6 is 0 Å². The van der Waals surface area contributed by atoms with Gasteiger partial charge in [-0.05, 0) is 38.5 Å². The van der Waals surface area contributed by atoms with Crippen molar-refractivity contribution in [3.63, 3.8) is 0 Å². The molecule has 2 N–H and O–H groups in total. The quantitative estimate of drug-likeness (QED) is 0.271. The van der Waals surface area contributed by atoms with E-state index < -0.39 is 0 Å². The molecule has 0 radical (unpaired) electrons. The van der Waals surface area contributed by atoms with Crippen LogP contribution < -0.4 is 5.32 Å². The third-order valence-electron chi connectivity index (χ3n) is 4.49. The molecule has 0 aliphatic heterocycles. The van der Waals surface area contributed by atoms with Crippen LogP contribution in [0, 0.1) is 0 Å². The molecule has 0 rings (SSSR count). The molecule has 0 saturated heterocycles. The molecule has 1 amide bonds. The molecule has 142 valence electrons. The molecule has 24 heavy (non-hydrogen) atoms. The second-order valence-electron chi connectivity index (χ2n) is 6.84. The lowest BCUT2D eigenvalue weighted by molar-refractivity contribution is -0.122. The summed E-state index contributed by atoms with van der Waals surface area (Å²) in [5.41, 5.74) is 0. The molecule has 0 aromatic carbocycles. The van der Waals surface area contributed by atoms with E-state index in [0.717, 1.165) is 19.3 Å². The van der Waals surface area contributed by atoms with Gasteiger partial charge in [0.25, 0.3) is 0 Å². The number of aliphatic hydroxyl groups excluding tert-OH is 1. The largest absolute Gasteiger partial charge is 0.394 e. The molecule has 0 fully saturated rings. The van der Waals surface area contributed by atoms with Crippen molar-refractivity contribution in [2.75, 3.05) is 6.61 Å². The number of carbonyl (C=O) groups excluding carboxylic acids is 1. The number of aliphatic hydroxyl groups is 1. The number of hydrogen-bond acceptors (Lipinski definition) is 2. The SMILES string of the molecule is CCCCCCC=CCCCCCCCCC(=O)NC(CC)CO. The predicted octanol–water partition coefficient (Wildman–Crippen LogP) is 5.52. The van der Waals surface area contributed by atoms with Gasteiger partial charge >= 0.3 is 0 Å². The summed E-state index contributed by atoms with van der Waals surface area (Å²) in [6.45, 7) is 4.27. The normalized spacial score (nSPS) is 12.6. The summed E-state index contributed by atoms with van der Waals surface area (Å²) in [5, 5.41) is 11.9. The Morgan fingerprint density at radius 1 is 0.875 bits per heavy atom. The van der Waals surface area contributed by atoms with Crippen molar-refractivity contribution in [2.24, 2.45) is 0 Å². The highest BCUT2D eigenvalue weighted by Gasteiger charge is 2.08. The zero-order chi connectivity index (χ0) is 17.9. The van der Waals surface area contributed by atoms with Gasteiger partial charge in [0.15, 0.2) is 0 Å². The summed E-state index contributed by atoms with van der Waals surface area (Å²) in [5.74, 6) is 0.0833. The molecule has 0 aromatic heterocycles. The maximum absolute atomic E-state index is 11.7. The van der Waals surface area contributed by atoms with E-state index in [-0.39, 0.29) is 18.6 Å². The summed E-state index contributed by atoms with van der Waals surface area (Å²) in [7, 11) is 0. The standard InChI is InChI=1S/C21H41NO2/c1-3-5-6-7-8-9-10-11-12-13-14-15-16-17-18-21(24)22-20(4-2)19-23/h9-10,20,23H,3-8,11-19H2,1-2H3,(H,22,24). The van der Waals surface area contributed by atoms with Crippen LogP contribution in [-0.2, 0) is 4.79 Å². The Morgan fingerprint density at radius 2 is 1.42 bits per heavy atom. The first kappa shape index (κ1) is 23.2. The minimum Gasteiger partial charge on any atom is -0.394 e. The molecule has 3 heteroatoms. The van der Waals surface area contributed by atoms with Crippen molar-refractivity contribution in [3.05, 3.63) is 12.2 Å². The minimum absolute atomic E-state index is 0.0371. The van der Waals surface area contributed by atoms with E-state index in [0.29, 0.717) is 6.42 Å². The monoisotopic (exact) mass is 339 g/mol. The summed E-state index contributed by atoms with van der Waals surface area (Å²) in [6, 6.07) is -0.0720. The van der Waals surface area contributed by atoms with E-state index in [1.54, 1.807) is 0 Å². The second-order valence-corrected chi connectivity index (χ2v) is 6.84. The van der Waals surface area contributed by atoms with Gasteiger partial charge < -0.3 is 10.4 Å². The second kappa shape index (κ2) is 18.5. The van der Waals surface area contributed by atoms with E-state index in [1.165, 1.54) is 64.2 Å². The maximum Gasteiger partial charge on any atom is 0.220 e. The predicted molar refractivity (Wildman–Crippen MR) is 104 cm³/mol. The third kappa shape index (κ3) is 16.0. The summed E-state index contributed by atoms with van der Waals surface area (Å²) >= 11 is 0. The van der Waals surface area contributed by atoms with E-state index in [4.69, 9.17) is 5.11 Å². The topological polar surface area (TPSA) is 49.3 Å². The van der Waals surface area contributed by atoms with Crippen molar-refractivity contribution < 1.29 is 9.90 Å². The molecule has 0 aliphatic carbocycles. The third-order valence-corrected chi connectivity index (χ3v) is 4.49. The lowest BCUT2D eigenvalue weighted by Crippen LogP contribution is -2.36. The fourth-order valence-electron chi connectivity index (χ4n) is 2.76. The van der Waals surface area contributed by atoms with Gasteiger partial charge in [0.1, 0.15) is 0 Å². The molecule has 0 heterocycles. The Bertz CT molecular complexity index is 298. The number of nitrogens with one attached hydrogen (secondary N) is 1. The fraction of sp³-hybridized carbons (Fsp3) is 0.857. The molecular weight excluding hydrogens is 298 g/mol. The van der Waals surface area contributed by atoms with Gasteiger partial charge in [-0.2, -0.15) is 0 Å². The highest BCUT2D eigenvalue weighted by Crippen LogP contribution is 2.10. The molecular formula is C21H41NO2. The van der Waals surface area contributed by atoms with E-state index in [2.05, 4.69) is 24.4 Å². The molecule has 3 nitrogen and oxygen atoms in total. The van der Waals surface area contributed by atoms with E-state index in [9.17, 15) is 4.79 Å².